The van der Waals surface area contributed by atoms with Crippen molar-refractivity contribution in [2.45, 2.75) is 19.5 Å². The van der Waals surface area contributed by atoms with Crippen molar-refractivity contribution in [3.63, 3.8) is 0 Å². The summed E-state index contributed by atoms with van der Waals surface area (Å²) in [6.45, 7) is 2.27. The molecule has 1 aliphatic heterocycles. The summed E-state index contributed by atoms with van der Waals surface area (Å²) in [6, 6.07) is 15.4. The number of rotatable bonds is 4. The van der Waals surface area contributed by atoms with E-state index in [1.54, 1.807) is 41.6 Å². The van der Waals surface area contributed by atoms with Crippen molar-refractivity contribution in [1.29, 1.82) is 0 Å². The largest absolute Gasteiger partial charge is 0.508 e. The van der Waals surface area contributed by atoms with E-state index in [1.807, 2.05) is 37.3 Å². The van der Waals surface area contributed by atoms with Gasteiger partial charge in [-0.2, -0.15) is 5.10 Å². The normalized spacial score (nSPS) is 15.3. The van der Waals surface area contributed by atoms with Gasteiger partial charge in [0.2, 0.25) is 0 Å². The number of amides is 1. The summed E-state index contributed by atoms with van der Waals surface area (Å²) in [4.78, 5) is 19.3. The SMILES string of the molecule is Cc1ccc(O)c(-c2n[nH]c3c2C(c2cccc(O)c2)N(Cc2cccnc2)C3=O)c1. The van der Waals surface area contributed by atoms with E-state index >= 15 is 0 Å². The van der Waals surface area contributed by atoms with Crippen LogP contribution in [-0.4, -0.2) is 36.2 Å². The lowest BCUT2D eigenvalue weighted by atomic mass is 9.95. The Bertz CT molecular complexity index is 1280. The molecule has 3 N–H and O–H groups in total. The minimum Gasteiger partial charge on any atom is -0.508 e. The number of hydrogen-bond acceptors (Lipinski definition) is 5. The number of pyridine rings is 1. The average Bonchev–Trinajstić information content (AvgIpc) is 3.30. The molecule has 0 spiro atoms. The summed E-state index contributed by atoms with van der Waals surface area (Å²) in [5.74, 6) is 0.00832. The summed E-state index contributed by atoms with van der Waals surface area (Å²) < 4.78 is 0. The lowest BCUT2D eigenvalue weighted by Gasteiger charge is -2.26. The van der Waals surface area contributed by atoms with Crippen LogP contribution in [0.25, 0.3) is 11.3 Å². The van der Waals surface area contributed by atoms with Crippen molar-refractivity contribution in [1.82, 2.24) is 20.1 Å². The lowest BCUT2D eigenvalue weighted by Crippen LogP contribution is -2.29. The van der Waals surface area contributed by atoms with E-state index in [0.717, 1.165) is 16.7 Å². The standard InChI is InChI=1S/C24H20N4O3/c1-14-7-8-19(30)18(10-14)21-20-22(27-26-21)24(31)28(13-15-4-3-9-25-12-15)23(20)16-5-2-6-17(29)11-16/h2-12,23,29-30H,13H2,1H3,(H,26,27). The number of aromatic hydroxyl groups is 2. The number of phenolic OH excluding ortho intramolecular Hbond substituents is 2. The maximum Gasteiger partial charge on any atom is 0.273 e. The summed E-state index contributed by atoms with van der Waals surface area (Å²) >= 11 is 0. The zero-order valence-corrected chi connectivity index (χ0v) is 16.8. The maximum atomic E-state index is 13.4. The highest BCUT2D eigenvalue weighted by molar-refractivity contribution is 6.00. The minimum absolute atomic E-state index is 0.0905. The number of nitrogens with zero attached hydrogens (tertiary/aromatic N) is 3. The van der Waals surface area contributed by atoms with Crippen LogP contribution in [0, 0.1) is 6.92 Å². The predicted molar refractivity (Wildman–Crippen MR) is 114 cm³/mol. The molecule has 7 nitrogen and oxygen atoms in total. The van der Waals surface area contributed by atoms with Crippen LogP contribution < -0.4 is 0 Å². The van der Waals surface area contributed by atoms with Crippen LogP contribution >= 0.6 is 0 Å². The fraction of sp³-hybridized carbons (Fsp3) is 0.125. The number of H-pyrrole nitrogens is 1. The van der Waals surface area contributed by atoms with Gasteiger partial charge in [0.25, 0.3) is 5.91 Å². The number of benzene rings is 2. The molecule has 31 heavy (non-hydrogen) atoms. The van der Waals surface area contributed by atoms with Gasteiger partial charge in [-0.15, -0.1) is 0 Å². The first-order valence-electron chi connectivity index (χ1n) is 9.90. The molecule has 1 unspecified atom stereocenters. The van der Waals surface area contributed by atoms with Crippen molar-refractivity contribution in [2.24, 2.45) is 0 Å². The molecule has 7 heteroatoms. The second kappa shape index (κ2) is 7.28. The highest BCUT2D eigenvalue weighted by Crippen LogP contribution is 2.45. The summed E-state index contributed by atoms with van der Waals surface area (Å²) in [7, 11) is 0. The Balaban J connectivity index is 1.69. The number of phenols is 2. The zero-order chi connectivity index (χ0) is 21.5. The third-order valence-corrected chi connectivity index (χ3v) is 5.53. The van der Waals surface area contributed by atoms with Crippen molar-refractivity contribution < 1.29 is 15.0 Å². The van der Waals surface area contributed by atoms with Gasteiger partial charge in [0.05, 0.1) is 6.04 Å². The van der Waals surface area contributed by atoms with Crippen LogP contribution in [0.15, 0.2) is 67.0 Å². The number of nitrogens with one attached hydrogen (secondary N) is 1. The fourth-order valence-corrected chi connectivity index (χ4v) is 4.13. The molecule has 3 heterocycles. The van der Waals surface area contributed by atoms with Gasteiger partial charge in [-0.1, -0.05) is 29.8 Å². The Labute approximate surface area is 178 Å². The molecule has 0 aliphatic carbocycles. The Morgan fingerprint density at radius 1 is 1.10 bits per heavy atom. The molecule has 0 fully saturated rings. The van der Waals surface area contributed by atoms with Crippen molar-refractivity contribution >= 4 is 5.91 Å². The van der Waals surface area contributed by atoms with E-state index in [9.17, 15) is 15.0 Å². The molecule has 0 bridgehead atoms. The molecular formula is C24H20N4O3. The third kappa shape index (κ3) is 3.20. The average molecular weight is 412 g/mol. The molecule has 2 aromatic heterocycles. The van der Waals surface area contributed by atoms with Crippen LogP contribution in [-0.2, 0) is 6.54 Å². The quantitative estimate of drug-likeness (QED) is 0.471. The number of hydrogen-bond donors (Lipinski definition) is 3. The minimum atomic E-state index is -0.483. The molecule has 0 radical (unpaired) electrons. The van der Waals surface area contributed by atoms with Gasteiger partial charge in [-0.25, -0.2) is 0 Å². The maximum absolute atomic E-state index is 13.4. The Hall–Kier alpha value is -4.13. The summed E-state index contributed by atoms with van der Waals surface area (Å²) in [5.41, 5.74) is 4.75. The number of aromatic nitrogens is 3. The monoisotopic (exact) mass is 412 g/mol. The molecule has 1 aliphatic rings. The first-order chi connectivity index (χ1) is 15.0. The molecule has 4 aromatic rings. The smallest absolute Gasteiger partial charge is 0.273 e. The van der Waals surface area contributed by atoms with Gasteiger partial charge in [0.1, 0.15) is 22.9 Å². The number of aromatic amines is 1. The van der Waals surface area contributed by atoms with Crippen molar-refractivity contribution in [2.75, 3.05) is 0 Å². The summed E-state index contributed by atoms with van der Waals surface area (Å²) in [5, 5.41) is 27.9. The van der Waals surface area contributed by atoms with Gasteiger partial charge < -0.3 is 15.1 Å². The molecular weight excluding hydrogens is 392 g/mol. The van der Waals surface area contributed by atoms with Crippen LogP contribution in [0.2, 0.25) is 0 Å². The molecule has 5 rings (SSSR count). The number of carbonyl (C=O) groups excluding carboxylic acids is 1. The highest BCUT2D eigenvalue weighted by Gasteiger charge is 2.42. The van der Waals surface area contributed by atoms with Crippen LogP contribution in [0.3, 0.4) is 0 Å². The Morgan fingerprint density at radius 2 is 1.97 bits per heavy atom. The predicted octanol–water partition coefficient (Wildman–Crippen LogP) is 3.94. The van der Waals surface area contributed by atoms with E-state index in [2.05, 4.69) is 15.2 Å². The van der Waals surface area contributed by atoms with E-state index < -0.39 is 6.04 Å². The first kappa shape index (κ1) is 18.9. The van der Waals surface area contributed by atoms with E-state index in [0.29, 0.717) is 29.1 Å². The van der Waals surface area contributed by atoms with E-state index in [1.165, 1.54) is 0 Å². The first-order valence-corrected chi connectivity index (χ1v) is 9.90. The van der Waals surface area contributed by atoms with E-state index in [-0.39, 0.29) is 17.4 Å². The van der Waals surface area contributed by atoms with Crippen molar-refractivity contribution in [3.8, 4) is 22.8 Å². The Morgan fingerprint density at radius 3 is 2.74 bits per heavy atom. The number of fused-ring (bicyclic) bond motifs is 1. The number of aryl methyl sites for hydroxylation is 1. The van der Waals surface area contributed by atoms with Gasteiger partial charge in [0, 0.05) is 30.1 Å². The van der Waals surface area contributed by atoms with Gasteiger partial charge in [0.15, 0.2) is 0 Å². The van der Waals surface area contributed by atoms with E-state index in [4.69, 9.17) is 0 Å². The molecule has 2 aromatic carbocycles. The second-order valence-electron chi connectivity index (χ2n) is 7.67. The molecule has 1 amide bonds. The van der Waals surface area contributed by atoms with Crippen LogP contribution in [0.5, 0.6) is 11.5 Å². The fourth-order valence-electron chi connectivity index (χ4n) is 4.13. The zero-order valence-electron chi connectivity index (χ0n) is 16.8. The van der Waals surface area contributed by atoms with Crippen molar-refractivity contribution in [3.05, 3.63) is 94.9 Å². The molecule has 154 valence electrons. The van der Waals surface area contributed by atoms with Gasteiger partial charge in [-0.3, -0.25) is 14.9 Å². The molecule has 0 saturated carbocycles. The lowest BCUT2D eigenvalue weighted by molar-refractivity contribution is 0.0729. The van der Waals surface area contributed by atoms with Gasteiger partial charge >= 0.3 is 0 Å². The number of carbonyl (C=O) groups is 1. The van der Waals surface area contributed by atoms with Gasteiger partial charge in [-0.05, 0) is 48.4 Å². The molecule has 0 saturated heterocycles. The summed E-state index contributed by atoms with van der Waals surface area (Å²) in [6.07, 6.45) is 3.41. The second-order valence-corrected chi connectivity index (χ2v) is 7.67. The topological polar surface area (TPSA) is 102 Å². The third-order valence-electron chi connectivity index (χ3n) is 5.53. The van der Waals surface area contributed by atoms with Crippen LogP contribution in [0.1, 0.15) is 38.8 Å². The van der Waals surface area contributed by atoms with Crippen LogP contribution in [0.4, 0.5) is 0 Å². The Kier molecular flexibility index (Phi) is 4.43. The molecule has 1 atom stereocenters. The highest BCUT2D eigenvalue weighted by atomic mass is 16.3.